The van der Waals surface area contributed by atoms with E-state index in [-0.39, 0.29) is 11.1 Å². The zero-order valence-electron chi connectivity index (χ0n) is 21.2. The molecule has 11 heteroatoms. The maximum Gasteiger partial charge on any atom is 0.337 e. The third-order valence-electron chi connectivity index (χ3n) is 5.62. The van der Waals surface area contributed by atoms with Crippen molar-refractivity contribution >= 4 is 68.6 Å². The number of nitrogens with zero attached hydrogens (tertiary/aromatic N) is 2. The lowest BCUT2D eigenvalue weighted by Crippen LogP contribution is -2.39. The monoisotopic (exact) mass is 760 g/mol. The Morgan fingerprint density at radius 1 is 1.03 bits per heavy atom. The molecule has 4 rings (SSSR count). The minimum Gasteiger partial charge on any atom is -0.492 e. The van der Waals surface area contributed by atoms with E-state index in [0.717, 1.165) is 18.5 Å². The molecular formula is C27H26I2N2O6S. The molecule has 3 aromatic rings. The summed E-state index contributed by atoms with van der Waals surface area (Å²) in [5, 5.41) is 0. The maximum absolute atomic E-state index is 13.8. The van der Waals surface area contributed by atoms with Crippen LogP contribution in [0.5, 0.6) is 17.2 Å². The Labute approximate surface area is 251 Å². The number of hydrogen-bond donors (Lipinski definition) is 0. The predicted molar refractivity (Wildman–Crippen MR) is 163 cm³/mol. The van der Waals surface area contributed by atoms with Crippen LogP contribution in [0.3, 0.4) is 0 Å². The standard InChI is InChI=1S/C27H26I2N2O6S/c1-5-35-20-9-8-16(13-21(20)36-6-2)23-17(26(33)34-4)14-30-27-31(23)25(32)22(38-27)12-15-10-18(28)24(37-7-3)19(29)11-15/h8-14,23H,5-7H2,1-4H3/b22-12-/t23-/m0/s1. The summed E-state index contributed by atoms with van der Waals surface area (Å²) in [5.41, 5.74) is 1.56. The average molecular weight is 760 g/mol. The minimum absolute atomic E-state index is 0.251. The Morgan fingerprint density at radius 2 is 1.68 bits per heavy atom. The SMILES string of the molecule is CCOc1ccc([C@H]2C(C(=O)OC)=CN=c3s/c(=C\c4cc(I)c(OCC)c(I)c4)c(=O)n32)cc1OCC. The number of esters is 1. The maximum atomic E-state index is 13.8. The number of halogens is 2. The van der Waals surface area contributed by atoms with Crippen LogP contribution in [0, 0.1) is 7.14 Å². The molecular weight excluding hydrogens is 734 g/mol. The van der Waals surface area contributed by atoms with Gasteiger partial charge in [0.1, 0.15) is 5.75 Å². The van der Waals surface area contributed by atoms with Gasteiger partial charge in [0, 0.05) is 6.20 Å². The van der Waals surface area contributed by atoms with Gasteiger partial charge in [-0.05, 0) is 107 Å². The minimum atomic E-state index is -0.740. The van der Waals surface area contributed by atoms with Crippen molar-refractivity contribution in [1.82, 2.24) is 4.57 Å². The van der Waals surface area contributed by atoms with E-state index in [1.165, 1.54) is 24.6 Å². The first-order valence-corrected chi connectivity index (χ1v) is 14.9. The van der Waals surface area contributed by atoms with Gasteiger partial charge >= 0.3 is 5.97 Å². The van der Waals surface area contributed by atoms with Crippen LogP contribution in [0.1, 0.15) is 37.9 Å². The molecule has 2 aromatic carbocycles. The highest BCUT2D eigenvalue weighted by Crippen LogP contribution is 2.35. The topological polar surface area (TPSA) is 88.4 Å². The Morgan fingerprint density at radius 3 is 2.32 bits per heavy atom. The van der Waals surface area contributed by atoms with Gasteiger partial charge in [-0.25, -0.2) is 9.79 Å². The number of fused-ring (bicyclic) bond motifs is 1. The fraction of sp³-hybridized carbons (Fsp3) is 0.296. The van der Waals surface area contributed by atoms with Gasteiger partial charge in [-0.1, -0.05) is 17.4 Å². The van der Waals surface area contributed by atoms with E-state index in [0.29, 0.717) is 46.2 Å². The van der Waals surface area contributed by atoms with E-state index in [1.54, 1.807) is 16.7 Å². The average Bonchev–Trinajstić information content (AvgIpc) is 3.21. The Hall–Kier alpha value is -2.39. The number of thiazole rings is 1. The highest BCUT2D eigenvalue weighted by Gasteiger charge is 2.31. The molecule has 1 aliphatic heterocycles. The van der Waals surface area contributed by atoms with Crippen LogP contribution in [-0.4, -0.2) is 37.5 Å². The van der Waals surface area contributed by atoms with Gasteiger partial charge in [-0.3, -0.25) is 9.36 Å². The van der Waals surface area contributed by atoms with Gasteiger partial charge in [0.15, 0.2) is 16.3 Å². The first kappa shape index (κ1) is 28.6. The number of rotatable bonds is 9. The lowest BCUT2D eigenvalue weighted by molar-refractivity contribution is -0.136. The molecule has 0 fully saturated rings. The van der Waals surface area contributed by atoms with Crippen molar-refractivity contribution < 1.29 is 23.7 Å². The third-order valence-corrected chi connectivity index (χ3v) is 8.21. The third kappa shape index (κ3) is 5.78. The zero-order valence-corrected chi connectivity index (χ0v) is 26.4. The molecule has 200 valence electrons. The summed E-state index contributed by atoms with van der Waals surface area (Å²) in [4.78, 5) is 31.5. The second kappa shape index (κ2) is 12.6. The van der Waals surface area contributed by atoms with Crippen molar-refractivity contribution in [3.05, 3.63) is 80.1 Å². The molecule has 0 bridgehead atoms. The molecule has 0 unspecified atom stereocenters. The van der Waals surface area contributed by atoms with E-state index in [9.17, 15) is 9.59 Å². The smallest absolute Gasteiger partial charge is 0.337 e. The lowest BCUT2D eigenvalue weighted by atomic mass is 9.97. The molecule has 0 radical (unpaired) electrons. The molecule has 1 atom stereocenters. The number of benzene rings is 2. The fourth-order valence-electron chi connectivity index (χ4n) is 4.08. The first-order chi connectivity index (χ1) is 18.3. The molecule has 8 nitrogen and oxygen atoms in total. The largest absolute Gasteiger partial charge is 0.492 e. The van der Waals surface area contributed by atoms with Gasteiger partial charge in [0.25, 0.3) is 5.56 Å². The Bertz CT molecular complexity index is 1550. The highest BCUT2D eigenvalue weighted by atomic mass is 127. The van der Waals surface area contributed by atoms with Gasteiger partial charge in [-0.15, -0.1) is 0 Å². The van der Waals surface area contributed by atoms with Crippen molar-refractivity contribution in [2.24, 2.45) is 4.99 Å². The normalized spacial score (nSPS) is 14.8. The van der Waals surface area contributed by atoms with E-state index in [4.69, 9.17) is 18.9 Å². The molecule has 0 saturated heterocycles. The molecule has 1 aliphatic rings. The Balaban J connectivity index is 1.88. The van der Waals surface area contributed by atoms with E-state index in [2.05, 4.69) is 50.2 Å². The summed E-state index contributed by atoms with van der Waals surface area (Å²) < 4.78 is 26.2. The van der Waals surface area contributed by atoms with Crippen LogP contribution in [0.25, 0.3) is 6.08 Å². The van der Waals surface area contributed by atoms with E-state index in [1.807, 2.05) is 45.0 Å². The number of hydrogen-bond acceptors (Lipinski definition) is 8. The fourth-order valence-corrected chi connectivity index (χ4v) is 7.18. The summed E-state index contributed by atoms with van der Waals surface area (Å²) in [5.74, 6) is 1.40. The first-order valence-electron chi connectivity index (χ1n) is 11.9. The van der Waals surface area contributed by atoms with Crippen LogP contribution < -0.4 is 29.1 Å². The van der Waals surface area contributed by atoms with Gasteiger partial charge in [0.05, 0.1) is 50.2 Å². The van der Waals surface area contributed by atoms with Gasteiger partial charge in [0.2, 0.25) is 0 Å². The van der Waals surface area contributed by atoms with Crippen molar-refractivity contribution in [1.29, 1.82) is 0 Å². The lowest BCUT2D eigenvalue weighted by Gasteiger charge is -2.23. The number of ether oxygens (including phenoxy) is 4. The summed E-state index contributed by atoms with van der Waals surface area (Å²) in [6.45, 7) is 7.21. The van der Waals surface area contributed by atoms with Crippen LogP contribution in [0.4, 0.5) is 0 Å². The quantitative estimate of drug-likeness (QED) is 0.237. The van der Waals surface area contributed by atoms with Crippen LogP contribution in [0.15, 0.2) is 51.9 Å². The van der Waals surface area contributed by atoms with Gasteiger partial charge < -0.3 is 18.9 Å². The molecule has 0 aliphatic carbocycles. The highest BCUT2D eigenvalue weighted by molar-refractivity contribution is 14.1. The second-order valence-electron chi connectivity index (χ2n) is 7.99. The molecule has 0 saturated carbocycles. The summed E-state index contributed by atoms with van der Waals surface area (Å²) in [7, 11) is 1.31. The summed E-state index contributed by atoms with van der Waals surface area (Å²) >= 11 is 5.74. The van der Waals surface area contributed by atoms with Crippen LogP contribution in [0.2, 0.25) is 0 Å². The van der Waals surface area contributed by atoms with Crippen LogP contribution >= 0.6 is 56.5 Å². The van der Waals surface area contributed by atoms with E-state index < -0.39 is 12.0 Å². The molecule has 1 aromatic heterocycles. The molecule has 0 N–H and O–H groups in total. The molecule has 0 amide bonds. The second-order valence-corrected chi connectivity index (χ2v) is 11.3. The molecule has 2 heterocycles. The predicted octanol–water partition coefficient (Wildman–Crippen LogP) is 4.42. The molecule has 0 spiro atoms. The number of carbonyl (C=O) groups is 1. The van der Waals surface area contributed by atoms with Crippen molar-refractivity contribution in [3.63, 3.8) is 0 Å². The summed E-state index contributed by atoms with van der Waals surface area (Å²) in [6, 6.07) is 8.63. The summed E-state index contributed by atoms with van der Waals surface area (Å²) in [6.07, 6.45) is 3.32. The number of carbonyl (C=O) groups excluding carboxylic acids is 1. The number of methoxy groups -OCH3 is 1. The van der Waals surface area contributed by atoms with Crippen LogP contribution in [-0.2, 0) is 9.53 Å². The van der Waals surface area contributed by atoms with Gasteiger partial charge in [-0.2, -0.15) is 0 Å². The van der Waals surface area contributed by atoms with E-state index >= 15 is 0 Å². The van der Waals surface area contributed by atoms with Crippen molar-refractivity contribution in [2.75, 3.05) is 26.9 Å². The molecule has 38 heavy (non-hydrogen) atoms. The number of aromatic nitrogens is 1. The Kier molecular flexibility index (Phi) is 9.52. The van der Waals surface area contributed by atoms with Crippen molar-refractivity contribution in [3.8, 4) is 17.2 Å². The zero-order chi connectivity index (χ0) is 27.4. The van der Waals surface area contributed by atoms with Crippen molar-refractivity contribution in [2.45, 2.75) is 26.8 Å².